The molecule has 1 aliphatic carbocycles. The number of guanidine groups is 1. The topological polar surface area (TPSA) is 77.0 Å². The van der Waals surface area contributed by atoms with Gasteiger partial charge in [-0.3, -0.25) is 0 Å². The summed E-state index contributed by atoms with van der Waals surface area (Å²) in [6, 6.07) is 9.92. The number of hydrogen-bond donors (Lipinski definition) is 2. The Morgan fingerprint density at radius 2 is 1.84 bits per heavy atom. The van der Waals surface area contributed by atoms with Crippen molar-refractivity contribution >= 4 is 29.9 Å². The van der Waals surface area contributed by atoms with Gasteiger partial charge in [0.05, 0.1) is 27.4 Å². The number of methoxy groups -OCH3 is 2. The quantitative estimate of drug-likeness (QED) is 0.257. The van der Waals surface area contributed by atoms with Gasteiger partial charge < -0.3 is 24.8 Å². The number of halogens is 1. The first-order chi connectivity index (χ1) is 14.7. The van der Waals surface area contributed by atoms with Gasteiger partial charge in [-0.15, -0.1) is 24.0 Å². The zero-order valence-corrected chi connectivity index (χ0v) is 20.8. The van der Waals surface area contributed by atoms with Crippen LogP contribution < -0.4 is 24.8 Å². The van der Waals surface area contributed by atoms with E-state index in [4.69, 9.17) is 14.2 Å². The molecule has 0 amide bonds. The molecule has 0 spiro atoms. The van der Waals surface area contributed by atoms with Crippen molar-refractivity contribution < 1.29 is 14.2 Å². The average molecular weight is 540 g/mol. The summed E-state index contributed by atoms with van der Waals surface area (Å²) in [4.78, 5) is 9.04. The van der Waals surface area contributed by atoms with E-state index in [2.05, 4.69) is 27.5 Å². The summed E-state index contributed by atoms with van der Waals surface area (Å²) in [5.41, 5.74) is 2.22. The molecule has 1 aromatic heterocycles. The van der Waals surface area contributed by atoms with Crippen LogP contribution in [0.25, 0.3) is 0 Å². The van der Waals surface area contributed by atoms with Gasteiger partial charge in [-0.05, 0) is 55.4 Å². The predicted molar refractivity (Wildman–Crippen MR) is 134 cm³/mol. The molecule has 2 N–H and O–H groups in total. The second kappa shape index (κ2) is 13.2. The lowest BCUT2D eigenvalue weighted by Crippen LogP contribution is -2.38. The van der Waals surface area contributed by atoms with Gasteiger partial charge in [0.15, 0.2) is 17.5 Å². The van der Waals surface area contributed by atoms with Crippen LogP contribution in [0.1, 0.15) is 30.9 Å². The summed E-state index contributed by atoms with van der Waals surface area (Å²) in [6.45, 7) is 4.95. The molecule has 31 heavy (non-hydrogen) atoms. The highest BCUT2D eigenvalue weighted by atomic mass is 127. The van der Waals surface area contributed by atoms with Gasteiger partial charge in [-0.2, -0.15) is 0 Å². The van der Waals surface area contributed by atoms with Crippen LogP contribution in [0.15, 0.2) is 41.5 Å². The minimum atomic E-state index is 0. The molecular weight excluding hydrogens is 507 g/mol. The molecule has 0 aliphatic heterocycles. The first kappa shape index (κ1) is 25.0. The van der Waals surface area contributed by atoms with Crippen molar-refractivity contribution in [3.63, 3.8) is 0 Å². The molecule has 1 saturated carbocycles. The third-order valence-corrected chi connectivity index (χ3v) is 4.88. The van der Waals surface area contributed by atoms with Crippen molar-refractivity contribution in [2.24, 2.45) is 10.9 Å². The van der Waals surface area contributed by atoms with Crippen LogP contribution in [-0.4, -0.2) is 44.9 Å². The maximum absolute atomic E-state index is 5.69. The van der Waals surface area contributed by atoms with E-state index in [1.165, 1.54) is 18.4 Å². The summed E-state index contributed by atoms with van der Waals surface area (Å²) in [6.07, 6.45) is 5.23. The van der Waals surface area contributed by atoms with Crippen molar-refractivity contribution in [3.8, 4) is 17.4 Å². The molecule has 0 bridgehead atoms. The number of benzene rings is 1. The smallest absolute Gasteiger partial charge is 0.213 e. The Balaban J connectivity index is 0.00000341. The van der Waals surface area contributed by atoms with E-state index in [0.717, 1.165) is 55.1 Å². The molecule has 170 valence electrons. The molecule has 1 heterocycles. The maximum Gasteiger partial charge on any atom is 0.213 e. The van der Waals surface area contributed by atoms with Crippen LogP contribution in [0.4, 0.5) is 0 Å². The summed E-state index contributed by atoms with van der Waals surface area (Å²) in [7, 11) is 3.29. The highest BCUT2D eigenvalue weighted by Gasteiger charge is 2.22. The van der Waals surface area contributed by atoms with Crippen LogP contribution in [0.2, 0.25) is 0 Å². The summed E-state index contributed by atoms with van der Waals surface area (Å²) in [5.74, 6) is 3.68. The molecule has 0 radical (unpaired) electrons. The third-order valence-electron chi connectivity index (χ3n) is 4.88. The van der Waals surface area contributed by atoms with E-state index in [9.17, 15) is 0 Å². The molecule has 3 rings (SSSR count). The van der Waals surface area contributed by atoms with E-state index >= 15 is 0 Å². The van der Waals surface area contributed by atoms with Crippen molar-refractivity contribution in [3.05, 3.63) is 47.7 Å². The second-order valence-corrected chi connectivity index (χ2v) is 7.32. The Kier molecular flexibility index (Phi) is 10.7. The van der Waals surface area contributed by atoms with Crippen LogP contribution in [-0.2, 0) is 13.0 Å². The fourth-order valence-corrected chi connectivity index (χ4v) is 2.95. The van der Waals surface area contributed by atoms with Crippen LogP contribution in [0, 0.1) is 5.92 Å². The van der Waals surface area contributed by atoms with Crippen molar-refractivity contribution in [1.29, 1.82) is 0 Å². The van der Waals surface area contributed by atoms with Gasteiger partial charge in [-0.25, -0.2) is 9.98 Å². The van der Waals surface area contributed by atoms with E-state index in [1.54, 1.807) is 14.2 Å². The molecule has 0 atom stereocenters. The number of rotatable bonds is 11. The third kappa shape index (κ3) is 8.43. The fourth-order valence-electron chi connectivity index (χ4n) is 2.95. The number of ether oxygens (including phenoxy) is 3. The van der Waals surface area contributed by atoms with E-state index in [0.29, 0.717) is 12.4 Å². The Morgan fingerprint density at radius 1 is 1.06 bits per heavy atom. The van der Waals surface area contributed by atoms with E-state index < -0.39 is 0 Å². The summed E-state index contributed by atoms with van der Waals surface area (Å²) >= 11 is 0. The van der Waals surface area contributed by atoms with Gasteiger partial charge in [0.25, 0.3) is 0 Å². The lowest BCUT2D eigenvalue weighted by molar-refractivity contribution is 0.288. The first-order valence-electron chi connectivity index (χ1n) is 10.5. The standard InChI is InChI=1S/C23H32N4O3.HI/c1-4-24-23(25-12-11-17-7-9-20(28-2)21(13-17)29-3)27-15-19-8-10-22(26-14-19)30-16-18-5-6-18;/h7-10,13-14,18H,4-6,11-12,15-16H2,1-3H3,(H2,24,25,27);1H. The van der Waals surface area contributed by atoms with Gasteiger partial charge in [0.1, 0.15) is 0 Å². The molecule has 1 aromatic carbocycles. The Hall–Kier alpha value is -2.23. The number of pyridine rings is 1. The molecule has 7 nitrogen and oxygen atoms in total. The zero-order chi connectivity index (χ0) is 21.2. The lowest BCUT2D eigenvalue weighted by atomic mass is 10.1. The number of aromatic nitrogens is 1. The molecular formula is C23H33IN4O3. The SMILES string of the molecule is CCNC(=NCc1ccc(OCC2CC2)nc1)NCCc1ccc(OC)c(OC)c1.I. The second-order valence-electron chi connectivity index (χ2n) is 7.32. The number of aliphatic imine (C=N–C) groups is 1. The van der Waals surface area contributed by atoms with E-state index in [1.807, 2.05) is 36.5 Å². The molecule has 2 aromatic rings. The fraction of sp³-hybridized carbons (Fsp3) is 0.478. The maximum atomic E-state index is 5.69. The minimum absolute atomic E-state index is 0. The van der Waals surface area contributed by atoms with Crippen molar-refractivity contribution in [2.45, 2.75) is 32.7 Å². The predicted octanol–water partition coefficient (Wildman–Crippen LogP) is 3.80. The minimum Gasteiger partial charge on any atom is -0.493 e. The summed E-state index contributed by atoms with van der Waals surface area (Å²) in [5, 5.41) is 6.66. The monoisotopic (exact) mass is 540 g/mol. The zero-order valence-electron chi connectivity index (χ0n) is 18.5. The molecule has 0 saturated heterocycles. The van der Waals surface area contributed by atoms with Gasteiger partial charge in [-0.1, -0.05) is 12.1 Å². The number of nitrogens with one attached hydrogen (secondary N) is 2. The lowest BCUT2D eigenvalue weighted by Gasteiger charge is -2.13. The first-order valence-corrected chi connectivity index (χ1v) is 10.5. The normalized spacial score (nSPS) is 13.2. The van der Waals surface area contributed by atoms with Gasteiger partial charge >= 0.3 is 0 Å². The molecule has 0 unspecified atom stereocenters. The van der Waals surface area contributed by atoms with Crippen LogP contribution in [0.5, 0.6) is 17.4 Å². The summed E-state index contributed by atoms with van der Waals surface area (Å²) < 4.78 is 16.4. The van der Waals surface area contributed by atoms with Crippen molar-refractivity contribution in [2.75, 3.05) is 33.9 Å². The Labute approximate surface area is 202 Å². The van der Waals surface area contributed by atoms with Gasteiger partial charge in [0, 0.05) is 25.4 Å². The highest BCUT2D eigenvalue weighted by Crippen LogP contribution is 2.29. The van der Waals surface area contributed by atoms with E-state index in [-0.39, 0.29) is 24.0 Å². The van der Waals surface area contributed by atoms with Crippen LogP contribution >= 0.6 is 24.0 Å². The Morgan fingerprint density at radius 3 is 2.48 bits per heavy atom. The number of nitrogens with zero attached hydrogens (tertiary/aromatic N) is 2. The Bertz CT molecular complexity index is 826. The van der Waals surface area contributed by atoms with Gasteiger partial charge in [0.2, 0.25) is 5.88 Å². The van der Waals surface area contributed by atoms with Crippen LogP contribution in [0.3, 0.4) is 0 Å². The average Bonchev–Trinajstić information content (AvgIpc) is 3.61. The highest BCUT2D eigenvalue weighted by molar-refractivity contribution is 14.0. The largest absolute Gasteiger partial charge is 0.493 e. The number of hydrogen-bond acceptors (Lipinski definition) is 5. The molecule has 1 aliphatic rings. The molecule has 1 fully saturated rings. The molecule has 8 heteroatoms. The van der Waals surface area contributed by atoms with Crippen molar-refractivity contribution in [1.82, 2.24) is 15.6 Å².